The van der Waals surface area contributed by atoms with Crippen LogP contribution in [0.2, 0.25) is 0 Å². The first-order valence-electron chi connectivity index (χ1n) is 17.9. The van der Waals surface area contributed by atoms with Gasteiger partial charge in [-0.2, -0.15) is 0 Å². The number of hydrogen-bond donors (Lipinski definition) is 0. The first-order chi connectivity index (χ1) is 26.2. The molecule has 0 spiro atoms. The van der Waals surface area contributed by atoms with Crippen LogP contribution in [0.3, 0.4) is 0 Å². The van der Waals surface area contributed by atoms with Crippen molar-refractivity contribution in [3.8, 4) is 11.1 Å². The summed E-state index contributed by atoms with van der Waals surface area (Å²) in [5.74, 6) is 0. The quantitative estimate of drug-likeness (QED) is 0.157. The molecule has 10 aromatic rings. The number of benzene rings is 8. The van der Waals surface area contributed by atoms with E-state index in [4.69, 9.17) is 8.83 Å². The van der Waals surface area contributed by atoms with E-state index in [1.807, 2.05) is 24.3 Å². The third kappa shape index (κ3) is 5.38. The molecule has 53 heavy (non-hydrogen) atoms. The van der Waals surface area contributed by atoms with Crippen LogP contribution < -0.4 is 4.90 Å². The van der Waals surface area contributed by atoms with Crippen molar-refractivity contribution in [2.75, 3.05) is 4.90 Å². The van der Waals surface area contributed by atoms with E-state index in [9.17, 15) is 0 Å². The summed E-state index contributed by atoms with van der Waals surface area (Å²) < 4.78 is 12.6. The number of fused-ring (bicyclic) bond motifs is 8. The predicted octanol–water partition coefficient (Wildman–Crippen LogP) is 14.4. The molecule has 8 aromatic carbocycles. The molecule has 0 aliphatic heterocycles. The molecule has 3 nitrogen and oxygen atoms in total. The summed E-state index contributed by atoms with van der Waals surface area (Å²) in [5.41, 5.74) is 9.97. The van der Waals surface area contributed by atoms with Crippen molar-refractivity contribution >= 4 is 82.9 Å². The van der Waals surface area contributed by atoms with Gasteiger partial charge in [0.05, 0.1) is 5.69 Å². The first-order valence-corrected chi connectivity index (χ1v) is 17.9. The zero-order valence-corrected chi connectivity index (χ0v) is 28.9. The minimum absolute atomic E-state index is 0.873. The summed E-state index contributed by atoms with van der Waals surface area (Å²) in [5, 5.41) is 9.17. The Hall–Kier alpha value is -7.10. The molecule has 250 valence electrons. The van der Waals surface area contributed by atoms with Gasteiger partial charge in [-0.25, -0.2) is 0 Å². The molecule has 0 radical (unpaired) electrons. The Morgan fingerprint density at radius 1 is 0.472 bits per heavy atom. The zero-order valence-electron chi connectivity index (χ0n) is 28.9. The Balaban J connectivity index is 1.12. The SMILES string of the molecule is C=C/C=C\C(=C\c1ccc2oc3cc4ccccc4cc3c2c1)N(c1ccc(-c2ccc3c(c2)oc2ccccc23)cc1)c1cccc2ccccc12. The Bertz CT molecular complexity index is 3080. The van der Waals surface area contributed by atoms with Gasteiger partial charge in [-0.05, 0) is 106 Å². The molecule has 10 rings (SSSR count). The summed E-state index contributed by atoms with van der Waals surface area (Å²) in [6, 6.07) is 57.8. The van der Waals surface area contributed by atoms with Crippen molar-refractivity contribution in [1.29, 1.82) is 0 Å². The lowest BCUT2D eigenvalue weighted by atomic mass is 10.0. The predicted molar refractivity (Wildman–Crippen MR) is 224 cm³/mol. The number of nitrogens with zero attached hydrogens (tertiary/aromatic N) is 1. The summed E-state index contributed by atoms with van der Waals surface area (Å²) in [6.45, 7) is 4.02. The van der Waals surface area contributed by atoms with Crippen LogP contribution in [0.25, 0.3) is 82.6 Å². The number of allylic oxidation sites excluding steroid dienone is 3. The molecule has 0 N–H and O–H groups in total. The summed E-state index contributed by atoms with van der Waals surface area (Å²) in [4.78, 5) is 2.33. The van der Waals surface area contributed by atoms with Gasteiger partial charge in [0.15, 0.2) is 0 Å². The second-order valence-electron chi connectivity index (χ2n) is 13.4. The highest BCUT2D eigenvalue weighted by molar-refractivity contribution is 6.11. The standard InChI is InChI=1S/C50H33NO2/c1-2-3-15-40(28-33-20-27-48-44(29-33)45-30-36-12-4-5-13-37(36)31-50(45)53-48)51(46-18-10-14-35-11-6-7-16-41(35)46)39-24-21-34(22-25-39)38-23-26-43-42-17-8-9-19-47(42)52-49(43)32-38/h2-32H,1H2/b15-3-,40-28-. The molecule has 0 bridgehead atoms. The molecule has 2 aromatic heterocycles. The van der Waals surface area contributed by atoms with Gasteiger partial charge in [0.2, 0.25) is 0 Å². The highest BCUT2D eigenvalue weighted by atomic mass is 16.3. The lowest BCUT2D eigenvalue weighted by molar-refractivity contribution is 0.669. The Labute approximate surface area is 306 Å². The molecular weight excluding hydrogens is 647 g/mol. The second kappa shape index (κ2) is 12.6. The van der Waals surface area contributed by atoms with Crippen LogP contribution in [0.1, 0.15) is 5.56 Å². The van der Waals surface area contributed by atoms with E-state index in [1.165, 1.54) is 16.2 Å². The fraction of sp³-hybridized carbons (Fsp3) is 0. The monoisotopic (exact) mass is 679 g/mol. The Morgan fingerprint density at radius 2 is 1.11 bits per heavy atom. The number of hydrogen-bond acceptors (Lipinski definition) is 3. The van der Waals surface area contributed by atoms with Gasteiger partial charge in [-0.3, -0.25) is 0 Å². The molecule has 2 heterocycles. The highest BCUT2D eigenvalue weighted by Crippen LogP contribution is 2.39. The molecule has 3 heteroatoms. The highest BCUT2D eigenvalue weighted by Gasteiger charge is 2.18. The van der Waals surface area contributed by atoms with Crippen molar-refractivity contribution < 1.29 is 8.83 Å². The topological polar surface area (TPSA) is 29.5 Å². The number of anilines is 2. The third-order valence-electron chi connectivity index (χ3n) is 10.2. The summed E-state index contributed by atoms with van der Waals surface area (Å²) >= 11 is 0. The molecule has 0 saturated heterocycles. The third-order valence-corrected chi connectivity index (χ3v) is 10.2. The van der Waals surface area contributed by atoms with Crippen molar-refractivity contribution in [2.24, 2.45) is 0 Å². The van der Waals surface area contributed by atoms with Crippen molar-refractivity contribution in [2.45, 2.75) is 0 Å². The largest absolute Gasteiger partial charge is 0.456 e. The molecule has 0 fully saturated rings. The normalized spacial score (nSPS) is 12.3. The van der Waals surface area contributed by atoms with Gasteiger partial charge in [-0.15, -0.1) is 0 Å². The van der Waals surface area contributed by atoms with Gasteiger partial charge >= 0.3 is 0 Å². The fourth-order valence-electron chi connectivity index (χ4n) is 7.63. The van der Waals surface area contributed by atoms with E-state index < -0.39 is 0 Å². The average Bonchev–Trinajstić information content (AvgIpc) is 3.76. The molecule has 0 aliphatic rings. The first kappa shape index (κ1) is 30.7. The lowest BCUT2D eigenvalue weighted by Crippen LogP contribution is -2.15. The minimum Gasteiger partial charge on any atom is -0.456 e. The minimum atomic E-state index is 0.873. The van der Waals surface area contributed by atoms with Crippen LogP contribution in [0, 0.1) is 0 Å². The van der Waals surface area contributed by atoms with Gasteiger partial charge in [-0.1, -0.05) is 122 Å². The fourth-order valence-corrected chi connectivity index (χ4v) is 7.63. The smallest absolute Gasteiger partial charge is 0.136 e. The van der Waals surface area contributed by atoms with E-state index in [0.717, 1.165) is 83.0 Å². The number of furan rings is 2. The summed E-state index contributed by atoms with van der Waals surface area (Å²) in [7, 11) is 0. The van der Waals surface area contributed by atoms with Gasteiger partial charge in [0.1, 0.15) is 22.3 Å². The van der Waals surface area contributed by atoms with Crippen LogP contribution in [0.5, 0.6) is 0 Å². The van der Waals surface area contributed by atoms with E-state index in [2.05, 4.69) is 175 Å². The zero-order chi connectivity index (χ0) is 35.3. The Morgan fingerprint density at radius 3 is 1.94 bits per heavy atom. The van der Waals surface area contributed by atoms with Crippen LogP contribution in [0.15, 0.2) is 203 Å². The molecular formula is C50H33NO2. The number of para-hydroxylation sites is 1. The van der Waals surface area contributed by atoms with E-state index in [-0.39, 0.29) is 0 Å². The van der Waals surface area contributed by atoms with Crippen LogP contribution in [-0.4, -0.2) is 0 Å². The second-order valence-corrected chi connectivity index (χ2v) is 13.4. The molecule has 0 aliphatic carbocycles. The summed E-state index contributed by atoms with van der Waals surface area (Å²) in [6.07, 6.45) is 8.19. The maximum absolute atomic E-state index is 6.34. The lowest BCUT2D eigenvalue weighted by Gasteiger charge is -2.28. The molecule has 0 unspecified atom stereocenters. The van der Waals surface area contributed by atoms with E-state index in [0.29, 0.717) is 0 Å². The van der Waals surface area contributed by atoms with Crippen LogP contribution in [-0.2, 0) is 0 Å². The van der Waals surface area contributed by atoms with Crippen LogP contribution in [0.4, 0.5) is 11.4 Å². The van der Waals surface area contributed by atoms with Gasteiger partial charge < -0.3 is 13.7 Å². The molecule has 0 saturated carbocycles. The molecule has 0 atom stereocenters. The number of rotatable bonds is 7. The van der Waals surface area contributed by atoms with Gasteiger partial charge in [0.25, 0.3) is 0 Å². The van der Waals surface area contributed by atoms with Crippen molar-refractivity contribution in [1.82, 2.24) is 0 Å². The Kier molecular flexibility index (Phi) is 7.29. The van der Waals surface area contributed by atoms with Crippen LogP contribution >= 0.6 is 0 Å². The van der Waals surface area contributed by atoms with Crippen molar-refractivity contribution in [3.05, 3.63) is 200 Å². The van der Waals surface area contributed by atoms with E-state index >= 15 is 0 Å². The maximum atomic E-state index is 6.34. The average molecular weight is 680 g/mol. The molecule has 0 amide bonds. The van der Waals surface area contributed by atoms with E-state index in [1.54, 1.807) is 0 Å². The maximum Gasteiger partial charge on any atom is 0.136 e. The van der Waals surface area contributed by atoms with Gasteiger partial charge in [0, 0.05) is 38.3 Å². The van der Waals surface area contributed by atoms with Crippen molar-refractivity contribution in [3.63, 3.8) is 0 Å².